The largest absolute Gasteiger partial charge is 0.493 e. The van der Waals surface area contributed by atoms with Crippen molar-refractivity contribution in [2.24, 2.45) is 5.92 Å². The Balaban J connectivity index is 2.11. The molecule has 1 saturated heterocycles. The van der Waals surface area contributed by atoms with E-state index in [0.29, 0.717) is 24.7 Å². The number of carboxylic acids is 1. The third-order valence-corrected chi connectivity index (χ3v) is 3.47. The van der Waals surface area contributed by atoms with E-state index in [9.17, 15) is 9.59 Å². The molecule has 1 heterocycles. The summed E-state index contributed by atoms with van der Waals surface area (Å²) in [5, 5.41) is 8.98. The highest BCUT2D eigenvalue weighted by molar-refractivity contribution is 5.86. The van der Waals surface area contributed by atoms with Crippen LogP contribution in [0.5, 0.6) is 11.5 Å². The van der Waals surface area contributed by atoms with E-state index in [-0.39, 0.29) is 18.9 Å². The molecule has 2 rings (SSSR count). The molecule has 0 spiro atoms. The SMILES string of the molecule is CCOc1cc(CN2CC(C(=O)O)CC2=O)ccc1OC. The summed E-state index contributed by atoms with van der Waals surface area (Å²) >= 11 is 0. The summed E-state index contributed by atoms with van der Waals surface area (Å²) in [6, 6.07) is 5.46. The maximum atomic E-state index is 11.8. The molecule has 114 valence electrons. The van der Waals surface area contributed by atoms with Crippen molar-refractivity contribution < 1.29 is 24.2 Å². The van der Waals surface area contributed by atoms with Crippen LogP contribution in [0.1, 0.15) is 18.9 Å². The first-order valence-electron chi connectivity index (χ1n) is 6.85. The van der Waals surface area contributed by atoms with Crippen molar-refractivity contribution in [1.82, 2.24) is 4.90 Å². The van der Waals surface area contributed by atoms with Gasteiger partial charge in [0.05, 0.1) is 19.6 Å². The average molecular weight is 293 g/mol. The van der Waals surface area contributed by atoms with Gasteiger partial charge in [0.2, 0.25) is 5.91 Å². The van der Waals surface area contributed by atoms with Crippen molar-refractivity contribution in [3.63, 3.8) is 0 Å². The van der Waals surface area contributed by atoms with E-state index in [1.54, 1.807) is 18.1 Å². The van der Waals surface area contributed by atoms with Gasteiger partial charge in [-0.2, -0.15) is 0 Å². The fourth-order valence-electron chi connectivity index (χ4n) is 2.40. The standard InChI is InChI=1S/C15H19NO5/c1-3-21-13-6-10(4-5-12(13)20-2)8-16-9-11(15(18)19)7-14(16)17/h4-6,11H,3,7-9H2,1-2H3,(H,18,19). The lowest BCUT2D eigenvalue weighted by Gasteiger charge is -2.17. The molecule has 0 radical (unpaired) electrons. The molecule has 0 aromatic heterocycles. The minimum Gasteiger partial charge on any atom is -0.493 e. The van der Waals surface area contributed by atoms with Crippen LogP contribution in [-0.4, -0.2) is 42.1 Å². The van der Waals surface area contributed by atoms with Crippen molar-refractivity contribution in [1.29, 1.82) is 0 Å². The monoisotopic (exact) mass is 293 g/mol. The third kappa shape index (κ3) is 3.45. The van der Waals surface area contributed by atoms with E-state index in [0.717, 1.165) is 5.56 Å². The summed E-state index contributed by atoms with van der Waals surface area (Å²) in [6.45, 7) is 3.04. The van der Waals surface area contributed by atoms with Crippen molar-refractivity contribution >= 4 is 11.9 Å². The summed E-state index contributed by atoms with van der Waals surface area (Å²) in [5.41, 5.74) is 0.888. The van der Waals surface area contributed by atoms with Gasteiger partial charge in [0.15, 0.2) is 11.5 Å². The lowest BCUT2D eigenvalue weighted by Crippen LogP contribution is -2.25. The second kappa shape index (κ2) is 6.47. The van der Waals surface area contributed by atoms with Crippen LogP contribution in [0.15, 0.2) is 18.2 Å². The first-order chi connectivity index (χ1) is 10.0. The van der Waals surface area contributed by atoms with Crippen LogP contribution in [0.2, 0.25) is 0 Å². The molecule has 1 aromatic rings. The number of methoxy groups -OCH3 is 1. The lowest BCUT2D eigenvalue weighted by molar-refractivity contribution is -0.141. The fraction of sp³-hybridized carbons (Fsp3) is 0.467. The van der Waals surface area contributed by atoms with Crippen LogP contribution < -0.4 is 9.47 Å². The Kier molecular flexibility index (Phi) is 4.67. The minimum absolute atomic E-state index is 0.0732. The highest BCUT2D eigenvalue weighted by atomic mass is 16.5. The van der Waals surface area contributed by atoms with Crippen LogP contribution in [0.4, 0.5) is 0 Å². The number of amides is 1. The van der Waals surface area contributed by atoms with Crippen LogP contribution in [-0.2, 0) is 16.1 Å². The molecule has 1 fully saturated rings. The second-order valence-electron chi connectivity index (χ2n) is 4.93. The van der Waals surface area contributed by atoms with Crippen molar-refractivity contribution in [2.75, 3.05) is 20.3 Å². The van der Waals surface area contributed by atoms with Gasteiger partial charge < -0.3 is 19.5 Å². The number of hydrogen-bond donors (Lipinski definition) is 1. The van der Waals surface area contributed by atoms with Gasteiger partial charge in [0.1, 0.15) is 0 Å². The van der Waals surface area contributed by atoms with Gasteiger partial charge >= 0.3 is 5.97 Å². The molecule has 1 unspecified atom stereocenters. The van der Waals surface area contributed by atoms with Crippen molar-refractivity contribution in [3.05, 3.63) is 23.8 Å². The zero-order chi connectivity index (χ0) is 15.4. The lowest BCUT2D eigenvalue weighted by atomic mass is 10.1. The minimum atomic E-state index is -0.921. The molecular weight excluding hydrogens is 274 g/mol. The Morgan fingerprint density at radius 1 is 1.43 bits per heavy atom. The number of benzene rings is 1. The maximum Gasteiger partial charge on any atom is 0.308 e. The Hall–Kier alpha value is -2.24. The van der Waals surface area contributed by atoms with Crippen LogP contribution in [0.25, 0.3) is 0 Å². The Bertz CT molecular complexity index is 543. The molecule has 21 heavy (non-hydrogen) atoms. The first-order valence-corrected chi connectivity index (χ1v) is 6.85. The number of carbonyl (C=O) groups is 2. The number of aliphatic carboxylic acids is 1. The van der Waals surface area contributed by atoms with Crippen molar-refractivity contribution in [2.45, 2.75) is 19.9 Å². The first kappa shape index (κ1) is 15.2. The van der Waals surface area contributed by atoms with Gasteiger partial charge in [-0.15, -0.1) is 0 Å². The normalized spacial score (nSPS) is 17.9. The van der Waals surface area contributed by atoms with Gasteiger partial charge in [-0.05, 0) is 24.6 Å². The van der Waals surface area contributed by atoms with E-state index in [4.69, 9.17) is 14.6 Å². The maximum absolute atomic E-state index is 11.8. The zero-order valence-electron chi connectivity index (χ0n) is 12.2. The molecule has 1 aliphatic rings. The molecule has 6 heteroatoms. The Morgan fingerprint density at radius 2 is 2.19 bits per heavy atom. The Labute approximate surface area is 123 Å². The number of likely N-dealkylation sites (tertiary alicyclic amines) is 1. The number of nitrogens with zero attached hydrogens (tertiary/aromatic N) is 1. The topological polar surface area (TPSA) is 76.1 Å². The van der Waals surface area contributed by atoms with Crippen LogP contribution in [0, 0.1) is 5.92 Å². The predicted molar refractivity (Wildman–Crippen MR) is 75.3 cm³/mol. The molecule has 6 nitrogen and oxygen atoms in total. The van der Waals surface area contributed by atoms with Gasteiger partial charge in [-0.25, -0.2) is 0 Å². The van der Waals surface area contributed by atoms with Gasteiger partial charge in [0.25, 0.3) is 0 Å². The van der Waals surface area contributed by atoms with E-state index in [1.165, 1.54) is 0 Å². The van der Waals surface area contributed by atoms with Gasteiger partial charge in [0, 0.05) is 19.5 Å². The van der Waals surface area contributed by atoms with E-state index >= 15 is 0 Å². The highest BCUT2D eigenvalue weighted by Crippen LogP contribution is 2.29. The number of carboxylic acid groups (broad SMARTS) is 1. The molecular formula is C15H19NO5. The van der Waals surface area contributed by atoms with E-state index in [1.807, 2.05) is 19.1 Å². The summed E-state index contributed by atoms with van der Waals surface area (Å²) < 4.78 is 10.7. The highest BCUT2D eigenvalue weighted by Gasteiger charge is 2.34. The summed E-state index contributed by atoms with van der Waals surface area (Å²) in [4.78, 5) is 24.4. The number of ether oxygens (including phenoxy) is 2. The number of carbonyl (C=O) groups excluding carboxylic acids is 1. The zero-order valence-corrected chi connectivity index (χ0v) is 12.2. The summed E-state index contributed by atoms with van der Waals surface area (Å²) in [6.07, 6.45) is 0.0732. The Morgan fingerprint density at radius 3 is 2.76 bits per heavy atom. The van der Waals surface area contributed by atoms with Gasteiger partial charge in [-0.1, -0.05) is 6.07 Å². The second-order valence-corrected chi connectivity index (χ2v) is 4.93. The average Bonchev–Trinajstić information content (AvgIpc) is 2.81. The summed E-state index contributed by atoms with van der Waals surface area (Å²) in [7, 11) is 1.57. The van der Waals surface area contributed by atoms with Crippen LogP contribution >= 0.6 is 0 Å². The number of hydrogen-bond acceptors (Lipinski definition) is 4. The van der Waals surface area contributed by atoms with Gasteiger partial charge in [-0.3, -0.25) is 9.59 Å². The molecule has 1 aromatic carbocycles. The molecule has 0 aliphatic carbocycles. The fourth-order valence-corrected chi connectivity index (χ4v) is 2.40. The quantitative estimate of drug-likeness (QED) is 0.860. The molecule has 1 atom stereocenters. The smallest absolute Gasteiger partial charge is 0.308 e. The number of rotatable bonds is 6. The van der Waals surface area contributed by atoms with Crippen LogP contribution in [0.3, 0.4) is 0 Å². The predicted octanol–water partition coefficient (Wildman–Crippen LogP) is 1.53. The molecule has 0 saturated carbocycles. The summed E-state index contributed by atoms with van der Waals surface area (Å²) in [5.74, 6) is -0.399. The third-order valence-electron chi connectivity index (χ3n) is 3.47. The molecule has 1 amide bonds. The molecule has 1 N–H and O–H groups in total. The molecule has 1 aliphatic heterocycles. The molecule has 0 bridgehead atoms. The van der Waals surface area contributed by atoms with E-state index < -0.39 is 11.9 Å². The van der Waals surface area contributed by atoms with Crippen molar-refractivity contribution in [3.8, 4) is 11.5 Å². The van der Waals surface area contributed by atoms with E-state index in [2.05, 4.69) is 0 Å².